The molecule has 0 bridgehead atoms. The van der Waals surface area contributed by atoms with Crippen molar-refractivity contribution in [3.8, 4) is 0 Å². The third-order valence-electron chi connectivity index (χ3n) is 7.38. The molecule has 244 valence electrons. The first-order valence-electron chi connectivity index (χ1n) is 14.7. The van der Waals surface area contributed by atoms with Gasteiger partial charge in [0, 0.05) is 42.8 Å². The third-order valence-corrected chi connectivity index (χ3v) is 7.38. The number of carbonyl (C=O) groups is 1. The molecule has 1 atom stereocenters. The van der Waals surface area contributed by atoms with Crippen LogP contribution in [0.25, 0.3) is 5.70 Å². The van der Waals surface area contributed by atoms with E-state index in [0.717, 1.165) is 43.5 Å². The first-order valence-corrected chi connectivity index (χ1v) is 14.7. The topological polar surface area (TPSA) is 77.0 Å². The van der Waals surface area contributed by atoms with E-state index >= 15 is 0 Å². The fraction of sp³-hybridized carbons (Fsp3) is 0.429. The van der Waals surface area contributed by atoms with E-state index in [-0.39, 0.29) is 23.8 Å². The summed E-state index contributed by atoms with van der Waals surface area (Å²) in [6.45, 7) is 22.4. The van der Waals surface area contributed by atoms with Crippen molar-refractivity contribution in [1.29, 1.82) is 0 Å². The SMILES string of the molecule is C=C(NCC=O)c1c(F)cc(NC(C)CC)cc1F.C=C1C(c2ccc(C)c(CC)c2CC)=NC(C)=C(C)N1C.CF.CO. The van der Waals surface area contributed by atoms with Crippen molar-refractivity contribution in [2.24, 2.45) is 4.99 Å². The molecule has 1 aliphatic heterocycles. The molecule has 9 heteroatoms. The van der Waals surface area contributed by atoms with Crippen LogP contribution in [0.2, 0.25) is 0 Å². The number of aliphatic imine (C=N–C) groups is 1. The fourth-order valence-electron chi connectivity index (χ4n) is 4.65. The average molecular weight is 617 g/mol. The van der Waals surface area contributed by atoms with E-state index in [1.165, 1.54) is 40.1 Å². The van der Waals surface area contributed by atoms with Gasteiger partial charge in [0.2, 0.25) is 0 Å². The molecule has 1 aliphatic rings. The van der Waals surface area contributed by atoms with Gasteiger partial charge in [-0.3, -0.25) is 4.39 Å². The van der Waals surface area contributed by atoms with Gasteiger partial charge in [-0.15, -0.1) is 0 Å². The van der Waals surface area contributed by atoms with Gasteiger partial charge in [0.1, 0.15) is 17.9 Å². The summed E-state index contributed by atoms with van der Waals surface area (Å²) in [5.41, 5.74) is 9.93. The summed E-state index contributed by atoms with van der Waals surface area (Å²) in [6.07, 6.45) is 3.53. The van der Waals surface area contributed by atoms with Crippen LogP contribution < -0.4 is 10.6 Å². The fourth-order valence-corrected chi connectivity index (χ4v) is 4.65. The van der Waals surface area contributed by atoms with Crippen molar-refractivity contribution in [3.63, 3.8) is 0 Å². The number of halogens is 3. The summed E-state index contributed by atoms with van der Waals surface area (Å²) < 4.78 is 37.2. The highest BCUT2D eigenvalue weighted by Crippen LogP contribution is 2.29. The number of aldehydes is 1. The first kappa shape index (κ1) is 40.1. The Hall–Kier alpha value is -3.85. The second kappa shape index (κ2) is 20.2. The predicted octanol–water partition coefficient (Wildman–Crippen LogP) is 7.75. The van der Waals surface area contributed by atoms with Gasteiger partial charge in [0.15, 0.2) is 0 Å². The molecule has 0 aliphatic carbocycles. The Morgan fingerprint density at radius 3 is 2.07 bits per heavy atom. The van der Waals surface area contributed by atoms with E-state index < -0.39 is 11.6 Å². The van der Waals surface area contributed by atoms with Crippen molar-refractivity contribution in [2.75, 3.05) is 33.2 Å². The van der Waals surface area contributed by atoms with Crippen LogP contribution in [0.5, 0.6) is 0 Å². The Labute approximate surface area is 262 Å². The zero-order valence-electron chi connectivity index (χ0n) is 28.1. The van der Waals surface area contributed by atoms with Crippen LogP contribution in [0.3, 0.4) is 0 Å². The molecule has 0 fully saturated rings. The normalized spacial score (nSPS) is 12.8. The second-order valence-corrected chi connectivity index (χ2v) is 10.0. The quantitative estimate of drug-likeness (QED) is 0.238. The Morgan fingerprint density at radius 1 is 1.05 bits per heavy atom. The lowest BCUT2D eigenvalue weighted by Gasteiger charge is -2.30. The van der Waals surface area contributed by atoms with E-state index in [1.54, 1.807) is 0 Å². The number of benzene rings is 2. The van der Waals surface area contributed by atoms with Crippen molar-refractivity contribution in [2.45, 2.75) is 73.8 Å². The number of aryl methyl sites for hydroxylation is 1. The number of alkyl halides is 1. The van der Waals surface area contributed by atoms with E-state index in [9.17, 15) is 18.0 Å². The molecule has 0 amide bonds. The third kappa shape index (κ3) is 10.4. The number of nitrogens with one attached hydrogen (secondary N) is 2. The minimum atomic E-state index is -0.714. The summed E-state index contributed by atoms with van der Waals surface area (Å²) in [5.74, 6) is -1.43. The van der Waals surface area contributed by atoms with E-state index in [4.69, 9.17) is 10.1 Å². The molecule has 0 saturated heterocycles. The van der Waals surface area contributed by atoms with E-state index in [2.05, 4.69) is 82.5 Å². The molecule has 0 radical (unpaired) electrons. The average Bonchev–Trinajstić information content (AvgIpc) is 3.02. The standard InChI is InChI=1S/C19H26N2.C14H18F2N2O.CH3F.CH4O/c1-8-16-12(3)10-11-18(17(16)9-2)19-15(6)21(7)14(5)13(4)20-19;1-4-9(2)18-11-7-12(15)14(13(16)8-11)10(3)17-5-6-19;2*1-2/h10-11H,6,8-9H2,1-5,7H3;6-9,17-18H,3-5H2,1-2H3;1H3;2H,1H3. The Morgan fingerprint density at radius 2 is 1.59 bits per heavy atom. The number of rotatable bonds is 10. The van der Waals surface area contributed by atoms with Crippen LogP contribution >= 0.6 is 0 Å². The maximum Gasteiger partial charge on any atom is 0.139 e. The lowest BCUT2D eigenvalue weighted by atomic mass is 9.89. The number of anilines is 1. The molecule has 2 aromatic carbocycles. The predicted molar refractivity (Wildman–Crippen MR) is 180 cm³/mol. The minimum absolute atomic E-state index is 0.0371. The number of carbonyl (C=O) groups excluding carboxylic acids is 1. The number of hydrogen-bond donors (Lipinski definition) is 3. The van der Waals surface area contributed by atoms with Crippen LogP contribution in [0.4, 0.5) is 18.9 Å². The van der Waals surface area contributed by atoms with Gasteiger partial charge in [-0.1, -0.05) is 46.1 Å². The highest BCUT2D eigenvalue weighted by Gasteiger charge is 2.22. The lowest BCUT2D eigenvalue weighted by molar-refractivity contribution is -0.107. The molecule has 0 saturated carbocycles. The maximum absolute atomic E-state index is 13.9. The summed E-state index contributed by atoms with van der Waals surface area (Å²) in [6, 6.07) is 6.99. The van der Waals surface area contributed by atoms with E-state index in [1.807, 2.05) is 13.8 Å². The van der Waals surface area contributed by atoms with Gasteiger partial charge in [-0.05, 0) is 75.8 Å². The summed E-state index contributed by atoms with van der Waals surface area (Å²) in [4.78, 5) is 17.2. The molecule has 6 nitrogen and oxygen atoms in total. The van der Waals surface area contributed by atoms with Crippen LogP contribution in [-0.4, -0.2) is 55.9 Å². The second-order valence-electron chi connectivity index (χ2n) is 10.0. The highest BCUT2D eigenvalue weighted by atomic mass is 19.1. The highest BCUT2D eigenvalue weighted by molar-refractivity contribution is 6.14. The molecule has 44 heavy (non-hydrogen) atoms. The number of nitrogens with zero attached hydrogens (tertiary/aromatic N) is 2. The molecule has 2 aromatic rings. The molecule has 3 rings (SSSR count). The van der Waals surface area contributed by atoms with Crippen LogP contribution in [0.1, 0.15) is 75.8 Å². The van der Waals surface area contributed by atoms with Crippen LogP contribution in [-0.2, 0) is 17.6 Å². The number of hydrogen-bond acceptors (Lipinski definition) is 6. The summed E-state index contributed by atoms with van der Waals surface area (Å²) >= 11 is 0. The van der Waals surface area contributed by atoms with Gasteiger partial charge in [0.05, 0.1) is 36.4 Å². The first-order chi connectivity index (χ1) is 20.9. The maximum atomic E-state index is 13.9. The van der Waals surface area contributed by atoms with Crippen LogP contribution in [0.15, 0.2) is 59.5 Å². The van der Waals surface area contributed by atoms with Gasteiger partial charge < -0.3 is 25.4 Å². The molecular formula is C35H51F3N4O2. The van der Waals surface area contributed by atoms with Gasteiger partial charge >= 0.3 is 0 Å². The largest absolute Gasteiger partial charge is 0.400 e. The number of aliphatic hydroxyl groups excluding tert-OH is 1. The molecule has 1 unspecified atom stereocenters. The number of allylic oxidation sites excluding steroid dienone is 3. The zero-order valence-corrected chi connectivity index (χ0v) is 28.1. The van der Waals surface area contributed by atoms with Gasteiger partial charge in [-0.25, -0.2) is 13.8 Å². The molecular weight excluding hydrogens is 565 g/mol. The number of aliphatic hydroxyl groups is 1. The van der Waals surface area contributed by atoms with Crippen molar-refractivity contribution >= 4 is 23.4 Å². The smallest absolute Gasteiger partial charge is 0.139 e. The molecule has 3 N–H and O–H groups in total. The lowest BCUT2D eigenvalue weighted by Crippen LogP contribution is -2.27. The Balaban J connectivity index is 0.000000759. The van der Waals surface area contributed by atoms with Crippen molar-refractivity contribution in [1.82, 2.24) is 10.2 Å². The monoisotopic (exact) mass is 616 g/mol. The van der Waals surface area contributed by atoms with Gasteiger partial charge in [0.25, 0.3) is 0 Å². The van der Waals surface area contributed by atoms with Crippen molar-refractivity contribution < 1.29 is 23.1 Å². The molecule has 1 heterocycles. The van der Waals surface area contributed by atoms with E-state index in [0.29, 0.717) is 19.2 Å². The zero-order chi connectivity index (χ0) is 34.1. The Kier molecular flexibility index (Phi) is 18.4. The molecule has 0 aromatic heterocycles. The Bertz CT molecular complexity index is 1310. The summed E-state index contributed by atoms with van der Waals surface area (Å²) in [7, 11) is 3.57. The van der Waals surface area contributed by atoms with Gasteiger partial charge in [-0.2, -0.15) is 0 Å². The minimum Gasteiger partial charge on any atom is -0.400 e. The summed E-state index contributed by atoms with van der Waals surface area (Å²) in [5, 5.41) is 12.5. The number of likely N-dealkylation sites (N-methyl/N-ethyl adjacent to an activating group) is 1. The van der Waals surface area contributed by atoms with Crippen LogP contribution in [0, 0.1) is 18.6 Å². The van der Waals surface area contributed by atoms with Crippen molar-refractivity contribution in [3.05, 3.63) is 94.0 Å². The molecule has 0 spiro atoms.